The zero-order valence-electron chi connectivity index (χ0n) is 23.6. The molecule has 1 atom stereocenters. The normalized spacial score (nSPS) is 17.6. The molecule has 39 heavy (non-hydrogen) atoms. The van der Waals surface area contributed by atoms with Gasteiger partial charge in [-0.15, -0.1) is 0 Å². The molecule has 2 aromatic carbocycles. The molecule has 0 bridgehead atoms. The van der Waals surface area contributed by atoms with E-state index in [9.17, 15) is 4.79 Å². The van der Waals surface area contributed by atoms with Crippen molar-refractivity contribution in [1.29, 1.82) is 0 Å². The number of carbonyl (C=O) groups is 1. The number of ether oxygens (including phenoxy) is 7. The molecule has 1 unspecified atom stereocenters. The second-order valence-electron chi connectivity index (χ2n) is 9.41. The van der Waals surface area contributed by atoms with E-state index in [0.29, 0.717) is 63.7 Å². The van der Waals surface area contributed by atoms with Gasteiger partial charge in [-0.1, -0.05) is 0 Å². The van der Waals surface area contributed by atoms with Crippen LogP contribution in [0.25, 0.3) is 5.76 Å². The van der Waals surface area contributed by atoms with E-state index in [1.165, 1.54) is 0 Å². The molecular weight excluding hydrogens is 504 g/mol. The van der Waals surface area contributed by atoms with Crippen molar-refractivity contribution in [3.8, 4) is 34.5 Å². The fourth-order valence-corrected chi connectivity index (χ4v) is 4.93. The number of allylic oxidation sites excluding steroid dienone is 1. The van der Waals surface area contributed by atoms with Crippen LogP contribution in [0.3, 0.4) is 0 Å². The molecular formula is C29H38N2O8. The molecule has 0 aromatic heterocycles. The van der Waals surface area contributed by atoms with Crippen LogP contribution in [0.4, 0.5) is 0 Å². The Kier molecular flexibility index (Phi) is 9.42. The van der Waals surface area contributed by atoms with E-state index in [1.807, 2.05) is 0 Å². The Balaban J connectivity index is 1.73. The summed E-state index contributed by atoms with van der Waals surface area (Å²) >= 11 is 0. The quantitative estimate of drug-likeness (QED) is 0.294. The Labute approximate surface area is 229 Å². The van der Waals surface area contributed by atoms with Crippen molar-refractivity contribution in [2.75, 3.05) is 81.9 Å². The number of methoxy groups -OCH3 is 5. The zero-order chi connectivity index (χ0) is 27.9. The molecule has 212 valence electrons. The number of rotatable bonds is 12. The van der Waals surface area contributed by atoms with E-state index in [1.54, 1.807) is 59.8 Å². The van der Waals surface area contributed by atoms with Gasteiger partial charge in [0, 0.05) is 50.4 Å². The summed E-state index contributed by atoms with van der Waals surface area (Å²) in [6.45, 7) is 5.49. The molecule has 0 N–H and O–H groups in total. The first-order chi connectivity index (χ1) is 19.0. The second-order valence-corrected chi connectivity index (χ2v) is 9.41. The number of benzene rings is 2. The van der Waals surface area contributed by atoms with E-state index in [2.05, 4.69) is 16.8 Å². The van der Waals surface area contributed by atoms with Crippen LogP contribution in [-0.4, -0.2) is 98.0 Å². The molecule has 2 aromatic rings. The maximum Gasteiger partial charge on any atom is 0.203 e. The van der Waals surface area contributed by atoms with Gasteiger partial charge in [0.2, 0.25) is 5.75 Å². The van der Waals surface area contributed by atoms with E-state index in [4.69, 9.17) is 33.2 Å². The van der Waals surface area contributed by atoms with Crippen molar-refractivity contribution in [3.05, 3.63) is 41.2 Å². The van der Waals surface area contributed by atoms with Crippen molar-refractivity contribution in [2.45, 2.75) is 12.3 Å². The highest BCUT2D eigenvalue weighted by atomic mass is 16.5. The maximum absolute atomic E-state index is 12.7. The minimum atomic E-state index is -0.757. The minimum Gasteiger partial charge on any atom is -0.496 e. The lowest BCUT2D eigenvalue weighted by Gasteiger charge is -2.32. The molecule has 4 rings (SSSR count). The summed E-state index contributed by atoms with van der Waals surface area (Å²) < 4.78 is 40.5. The Morgan fingerprint density at radius 1 is 0.872 bits per heavy atom. The van der Waals surface area contributed by atoms with Crippen LogP contribution in [-0.2, 0) is 9.53 Å². The number of fused-ring (bicyclic) bond motifs is 1. The lowest BCUT2D eigenvalue weighted by molar-refractivity contribution is -0.109. The highest BCUT2D eigenvalue weighted by Gasteiger charge is 2.36. The van der Waals surface area contributed by atoms with Gasteiger partial charge in [0.15, 0.2) is 23.0 Å². The average Bonchev–Trinajstić information content (AvgIpc) is 2.97. The molecule has 1 fully saturated rings. The van der Waals surface area contributed by atoms with E-state index < -0.39 is 5.92 Å². The van der Waals surface area contributed by atoms with Crippen molar-refractivity contribution in [3.63, 3.8) is 0 Å². The molecule has 2 heterocycles. The standard InChI is InChI=1S/C29H38N2O8/c1-30-9-11-31(12-10-30)8-7-13-38-28-21(18-32)26-22(34-3)16-20(33-2)17-23(26)39-27(28)19-14-24(35-4)29(37-6)25(15-19)36-5/h14-18,21H,7-13H2,1-6H3. The molecule has 0 aliphatic carbocycles. The van der Waals surface area contributed by atoms with Crippen LogP contribution in [0, 0.1) is 0 Å². The summed E-state index contributed by atoms with van der Waals surface area (Å²) in [6.07, 6.45) is 1.65. The van der Waals surface area contributed by atoms with Crippen molar-refractivity contribution in [2.24, 2.45) is 0 Å². The number of piperazine rings is 1. The number of hydrogen-bond acceptors (Lipinski definition) is 10. The van der Waals surface area contributed by atoms with Crippen LogP contribution in [0.2, 0.25) is 0 Å². The monoisotopic (exact) mass is 542 g/mol. The Morgan fingerprint density at radius 3 is 2.10 bits per heavy atom. The molecule has 10 heteroatoms. The van der Waals surface area contributed by atoms with Gasteiger partial charge in [-0.2, -0.15) is 0 Å². The van der Waals surface area contributed by atoms with Crippen LogP contribution in [0.1, 0.15) is 23.5 Å². The largest absolute Gasteiger partial charge is 0.496 e. The summed E-state index contributed by atoms with van der Waals surface area (Å²) in [5.74, 6) is 2.83. The summed E-state index contributed by atoms with van der Waals surface area (Å²) in [5.41, 5.74) is 1.19. The van der Waals surface area contributed by atoms with Gasteiger partial charge in [0.05, 0.1) is 47.7 Å². The molecule has 2 aliphatic rings. The number of aldehydes is 1. The van der Waals surface area contributed by atoms with E-state index in [0.717, 1.165) is 45.4 Å². The third-order valence-electron chi connectivity index (χ3n) is 7.10. The Hall–Kier alpha value is -3.63. The topological polar surface area (TPSA) is 88.2 Å². The Bertz CT molecular complexity index is 1170. The summed E-state index contributed by atoms with van der Waals surface area (Å²) in [4.78, 5) is 17.4. The summed E-state index contributed by atoms with van der Waals surface area (Å²) in [7, 11) is 9.89. The third-order valence-corrected chi connectivity index (χ3v) is 7.10. The van der Waals surface area contributed by atoms with Crippen LogP contribution >= 0.6 is 0 Å². The van der Waals surface area contributed by atoms with Crippen LogP contribution in [0.5, 0.6) is 34.5 Å². The molecule has 1 saturated heterocycles. The smallest absolute Gasteiger partial charge is 0.203 e. The maximum atomic E-state index is 12.7. The van der Waals surface area contributed by atoms with Crippen LogP contribution in [0.15, 0.2) is 30.0 Å². The van der Waals surface area contributed by atoms with Crippen LogP contribution < -0.4 is 28.4 Å². The van der Waals surface area contributed by atoms with Gasteiger partial charge in [0.25, 0.3) is 0 Å². The van der Waals surface area contributed by atoms with E-state index >= 15 is 0 Å². The number of nitrogens with zero attached hydrogens (tertiary/aromatic N) is 2. The SMILES string of the molecule is COc1cc(OC)c2c(c1)OC(c1cc(OC)c(OC)c(OC)c1)=C(OCCCN1CCN(C)CC1)C2C=O. The molecule has 0 saturated carbocycles. The fourth-order valence-electron chi connectivity index (χ4n) is 4.93. The highest BCUT2D eigenvalue weighted by molar-refractivity contribution is 5.82. The van der Waals surface area contributed by atoms with Crippen molar-refractivity contribution < 1.29 is 38.0 Å². The predicted octanol–water partition coefficient (Wildman–Crippen LogP) is 3.43. The van der Waals surface area contributed by atoms with Gasteiger partial charge in [-0.05, 0) is 25.6 Å². The highest BCUT2D eigenvalue weighted by Crippen LogP contribution is 2.49. The van der Waals surface area contributed by atoms with Gasteiger partial charge < -0.3 is 47.8 Å². The average molecular weight is 543 g/mol. The van der Waals surface area contributed by atoms with Gasteiger partial charge >= 0.3 is 0 Å². The van der Waals surface area contributed by atoms with Gasteiger partial charge in [-0.3, -0.25) is 0 Å². The lowest BCUT2D eigenvalue weighted by atomic mass is 9.91. The number of hydrogen-bond donors (Lipinski definition) is 0. The summed E-state index contributed by atoms with van der Waals surface area (Å²) in [5, 5.41) is 0. The molecule has 10 nitrogen and oxygen atoms in total. The third kappa shape index (κ3) is 6.02. The fraction of sp³-hybridized carbons (Fsp3) is 0.483. The second kappa shape index (κ2) is 12.9. The summed E-state index contributed by atoms with van der Waals surface area (Å²) in [6, 6.07) is 7.01. The van der Waals surface area contributed by atoms with E-state index in [-0.39, 0.29) is 0 Å². The van der Waals surface area contributed by atoms with Gasteiger partial charge in [0.1, 0.15) is 29.5 Å². The number of likely N-dealkylation sites (N-methyl/N-ethyl adjacent to an activating group) is 1. The number of carbonyl (C=O) groups excluding carboxylic acids is 1. The van der Waals surface area contributed by atoms with Crippen molar-refractivity contribution >= 4 is 12.0 Å². The van der Waals surface area contributed by atoms with Crippen molar-refractivity contribution in [1.82, 2.24) is 9.80 Å². The lowest BCUT2D eigenvalue weighted by Crippen LogP contribution is -2.44. The first kappa shape index (κ1) is 28.4. The molecule has 0 radical (unpaired) electrons. The molecule has 2 aliphatic heterocycles. The minimum absolute atomic E-state index is 0.383. The Morgan fingerprint density at radius 2 is 1.54 bits per heavy atom. The first-order valence-corrected chi connectivity index (χ1v) is 12.9. The zero-order valence-corrected chi connectivity index (χ0v) is 23.6. The predicted molar refractivity (Wildman–Crippen MR) is 147 cm³/mol. The molecule has 0 amide bonds. The first-order valence-electron chi connectivity index (χ1n) is 12.9. The molecule has 0 spiro atoms. The van der Waals surface area contributed by atoms with Gasteiger partial charge in [-0.25, -0.2) is 0 Å².